The highest BCUT2D eigenvalue weighted by molar-refractivity contribution is 9.10. The van der Waals surface area contributed by atoms with Crippen LogP contribution in [0.2, 0.25) is 0 Å². The number of aliphatic hydroxyl groups is 1. The van der Waals surface area contributed by atoms with Gasteiger partial charge in [-0.05, 0) is 70.5 Å². The van der Waals surface area contributed by atoms with Crippen LogP contribution in [-0.2, 0) is 10.3 Å². The molecule has 0 spiro atoms. The van der Waals surface area contributed by atoms with E-state index in [0.717, 1.165) is 27.7 Å². The molecule has 1 aliphatic carbocycles. The lowest BCUT2D eigenvalue weighted by Crippen LogP contribution is -2.40. The Hall–Kier alpha value is -2.42. The first kappa shape index (κ1) is 33.1. The molecule has 1 aliphatic rings. The highest BCUT2D eigenvalue weighted by atomic mass is 79.9. The second-order valence-electron chi connectivity index (χ2n) is 11.1. The van der Waals surface area contributed by atoms with Gasteiger partial charge < -0.3 is 24.2 Å². The van der Waals surface area contributed by atoms with Crippen molar-refractivity contribution in [3.05, 3.63) is 52.5 Å². The Kier molecular flexibility index (Phi) is 13.1. The third-order valence-electron chi connectivity index (χ3n) is 7.93. The monoisotopic (exact) mass is 629 g/mol. The average molecular weight is 631 g/mol. The van der Waals surface area contributed by atoms with E-state index in [0.29, 0.717) is 56.2 Å². The summed E-state index contributed by atoms with van der Waals surface area (Å²) in [6.45, 7) is 9.49. The molecule has 1 saturated carbocycles. The van der Waals surface area contributed by atoms with Crippen molar-refractivity contribution in [1.82, 2.24) is 9.88 Å². The number of halogens is 1. The summed E-state index contributed by atoms with van der Waals surface area (Å²) in [4.78, 5) is 11.6. The molecule has 2 atom stereocenters. The van der Waals surface area contributed by atoms with Crippen LogP contribution in [0, 0.1) is 11.8 Å². The standard InChI is InChI=1S/C33H48BrN3O4/c1-7-25-20-28(34)15-16-29(25)35-30(39-6)21-26(19-24-13-11-10-12-14-24)33(38,17-18-37(4)5)27-22-31(40-8-2)36-32(23-27)41-9-3/h7,15-16,20,22-24,26,38H,1,8-14,17-19,21H2,2-6H3. The number of hydrogen-bond acceptors (Lipinski definition) is 7. The topological polar surface area (TPSA) is 76.4 Å². The van der Waals surface area contributed by atoms with Crippen LogP contribution in [0.15, 0.2) is 46.4 Å². The van der Waals surface area contributed by atoms with Gasteiger partial charge in [0.25, 0.3) is 0 Å². The van der Waals surface area contributed by atoms with Crippen molar-refractivity contribution in [1.29, 1.82) is 0 Å². The van der Waals surface area contributed by atoms with Crippen molar-refractivity contribution in [2.45, 2.75) is 70.8 Å². The highest BCUT2D eigenvalue weighted by Crippen LogP contribution is 2.44. The third kappa shape index (κ3) is 9.55. The molecule has 3 rings (SSSR count). The summed E-state index contributed by atoms with van der Waals surface area (Å²) in [6.07, 6.45) is 9.80. The van der Waals surface area contributed by atoms with Crippen LogP contribution in [0.3, 0.4) is 0 Å². The summed E-state index contributed by atoms with van der Waals surface area (Å²) in [7, 11) is 5.73. The fourth-order valence-corrected chi connectivity index (χ4v) is 6.11. The molecule has 0 aliphatic heterocycles. The molecular weight excluding hydrogens is 582 g/mol. The number of rotatable bonds is 15. The van der Waals surface area contributed by atoms with E-state index in [9.17, 15) is 5.11 Å². The summed E-state index contributed by atoms with van der Waals surface area (Å²) < 4.78 is 18.5. The molecule has 41 heavy (non-hydrogen) atoms. The van der Waals surface area contributed by atoms with Crippen LogP contribution in [-0.4, -0.2) is 61.9 Å². The van der Waals surface area contributed by atoms with Crippen LogP contribution >= 0.6 is 15.9 Å². The number of aromatic nitrogens is 1. The number of methoxy groups -OCH3 is 1. The van der Waals surface area contributed by atoms with E-state index in [1.54, 1.807) is 13.2 Å². The minimum Gasteiger partial charge on any atom is -0.484 e. The van der Waals surface area contributed by atoms with Gasteiger partial charge in [-0.1, -0.05) is 60.7 Å². The van der Waals surface area contributed by atoms with Crippen molar-refractivity contribution in [2.24, 2.45) is 16.8 Å². The Labute approximate surface area is 255 Å². The molecule has 226 valence electrons. The Morgan fingerprint density at radius 1 is 1.15 bits per heavy atom. The summed E-state index contributed by atoms with van der Waals surface area (Å²) in [5.41, 5.74) is 1.27. The molecular formula is C33H48BrN3O4. The van der Waals surface area contributed by atoms with E-state index in [4.69, 9.17) is 19.2 Å². The van der Waals surface area contributed by atoms with E-state index in [1.165, 1.54) is 32.1 Å². The molecule has 1 fully saturated rings. The Bertz CT molecular complexity index is 1130. The molecule has 2 aromatic rings. The van der Waals surface area contributed by atoms with Crippen molar-refractivity contribution >= 4 is 33.6 Å². The number of pyridine rings is 1. The van der Waals surface area contributed by atoms with Gasteiger partial charge in [0.1, 0.15) is 0 Å². The predicted octanol–water partition coefficient (Wildman–Crippen LogP) is 7.78. The molecule has 8 heteroatoms. The average Bonchev–Trinajstić information content (AvgIpc) is 2.96. The molecule has 1 aromatic heterocycles. The van der Waals surface area contributed by atoms with Gasteiger partial charge in [0.15, 0.2) is 5.90 Å². The number of aliphatic imine (C=N–C) groups is 1. The first-order chi connectivity index (χ1) is 19.7. The highest BCUT2D eigenvalue weighted by Gasteiger charge is 2.41. The van der Waals surface area contributed by atoms with Gasteiger partial charge in [-0.3, -0.25) is 0 Å². The Balaban J connectivity index is 2.12. The number of benzene rings is 1. The third-order valence-corrected chi connectivity index (χ3v) is 8.43. The molecule has 2 unspecified atom stereocenters. The minimum atomic E-state index is -1.19. The van der Waals surface area contributed by atoms with Gasteiger partial charge >= 0.3 is 0 Å². The molecule has 0 amide bonds. The Morgan fingerprint density at radius 2 is 1.80 bits per heavy atom. The van der Waals surface area contributed by atoms with E-state index >= 15 is 0 Å². The van der Waals surface area contributed by atoms with E-state index in [-0.39, 0.29) is 5.92 Å². The van der Waals surface area contributed by atoms with Gasteiger partial charge in [0.2, 0.25) is 11.8 Å². The summed E-state index contributed by atoms with van der Waals surface area (Å²) >= 11 is 3.54. The predicted molar refractivity (Wildman–Crippen MR) is 171 cm³/mol. The lowest BCUT2D eigenvalue weighted by Gasteiger charge is -2.40. The van der Waals surface area contributed by atoms with Gasteiger partial charge in [-0.2, -0.15) is 4.98 Å². The molecule has 1 aromatic carbocycles. The normalized spacial score (nSPS) is 16.7. The summed E-state index contributed by atoms with van der Waals surface area (Å²) in [6, 6.07) is 9.68. The maximum absolute atomic E-state index is 12.9. The number of ether oxygens (including phenoxy) is 3. The maximum Gasteiger partial charge on any atom is 0.216 e. The SMILES string of the molecule is C=Cc1cc(Br)ccc1N=C(CC(CC1CCCCC1)C(O)(CCN(C)C)c1cc(OCC)nc(OCC)c1)OC. The van der Waals surface area contributed by atoms with Crippen molar-refractivity contribution in [2.75, 3.05) is 41.0 Å². The van der Waals surface area contributed by atoms with Crippen LogP contribution in [0.4, 0.5) is 5.69 Å². The lowest BCUT2D eigenvalue weighted by molar-refractivity contribution is -0.0463. The quantitative estimate of drug-likeness (QED) is 0.160. The van der Waals surface area contributed by atoms with E-state index in [1.807, 2.05) is 58.3 Å². The van der Waals surface area contributed by atoms with Crippen LogP contribution in [0.5, 0.6) is 11.8 Å². The van der Waals surface area contributed by atoms with Crippen LogP contribution < -0.4 is 9.47 Å². The molecule has 1 N–H and O–H groups in total. The fraction of sp³-hybridized carbons (Fsp3) is 0.576. The van der Waals surface area contributed by atoms with E-state index < -0.39 is 5.60 Å². The molecule has 0 saturated heterocycles. The second kappa shape index (κ2) is 16.3. The first-order valence-corrected chi connectivity index (χ1v) is 15.7. The zero-order valence-electron chi connectivity index (χ0n) is 25.5. The zero-order chi connectivity index (χ0) is 29.8. The van der Waals surface area contributed by atoms with Gasteiger partial charge in [-0.25, -0.2) is 4.99 Å². The smallest absolute Gasteiger partial charge is 0.216 e. The van der Waals surface area contributed by atoms with Gasteiger partial charge in [-0.15, -0.1) is 0 Å². The number of hydrogen-bond donors (Lipinski definition) is 1. The maximum atomic E-state index is 12.9. The number of nitrogens with zero attached hydrogens (tertiary/aromatic N) is 3. The minimum absolute atomic E-state index is 0.154. The molecule has 1 heterocycles. The zero-order valence-corrected chi connectivity index (χ0v) is 27.1. The second-order valence-corrected chi connectivity index (χ2v) is 12.0. The largest absolute Gasteiger partial charge is 0.484 e. The van der Waals surface area contributed by atoms with Crippen molar-refractivity contribution in [3.63, 3.8) is 0 Å². The van der Waals surface area contributed by atoms with Crippen LogP contribution in [0.25, 0.3) is 6.08 Å². The Morgan fingerprint density at radius 3 is 2.37 bits per heavy atom. The molecule has 7 nitrogen and oxygen atoms in total. The van der Waals surface area contributed by atoms with Gasteiger partial charge in [0, 0.05) is 41.1 Å². The van der Waals surface area contributed by atoms with Crippen molar-refractivity contribution < 1.29 is 19.3 Å². The molecule has 0 radical (unpaired) electrons. The summed E-state index contributed by atoms with van der Waals surface area (Å²) in [5, 5.41) is 12.9. The van der Waals surface area contributed by atoms with Crippen LogP contribution in [0.1, 0.15) is 76.3 Å². The van der Waals surface area contributed by atoms with Gasteiger partial charge in [0.05, 0.1) is 31.6 Å². The van der Waals surface area contributed by atoms with Crippen molar-refractivity contribution in [3.8, 4) is 11.8 Å². The first-order valence-electron chi connectivity index (χ1n) is 14.9. The lowest BCUT2D eigenvalue weighted by atomic mass is 9.71. The van der Waals surface area contributed by atoms with E-state index in [2.05, 4.69) is 32.4 Å². The summed E-state index contributed by atoms with van der Waals surface area (Å²) in [5.74, 6) is 1.88. The molecule has 0 bridgehead atoms. The fourth-order valence-electron chi connectivity index (χ4n) is 5.74.